The van der Waals surface area contributed by atoms with Crippen molar-refractivity contribution in [1.29, 1.82) is 0 Å². The van der Waals surface area contributed by atoms with E-state index in [9.17, 15) is 4.79 Å². The predicted octanol–water partition coefficient (Wildman–Crippen LogP) is 2.52. The molecule has 2 aromatic rings. The maximum Gasteiger partial charge on any atom is 0.246 e. The molecule has 0 spiro atoms. The summed E-state index contributed by atoms with van der Waals surface area (Å²) in [6.07, 6.45) is 3.18. The maximum atomic E-state index is 11.8. The van der Waals surface area contributed by atoms with Crippen LogP contribution in [0.4, 0.5) is 0 Å². The van der Waals surface area contributed by atoms with Crippen molar-refractivity contribution in [3.05, 3.63) is 53.2 Å². The molecule has 0 atom stereocenters. The number of aryl methyl sites for hydroxylation is 2. The van der Waals surface area contributed by atoms with E-state index in [0.717, 1.165) is 11.1 Å². The zero-order chi connectivity index (χ0) is 10.8. The number of carbonyl (C=O) groups is 1. The molecule has 0 fully saturated rings. The van der Waals surface area contributed by atoms with Crippen LogP contribution >= 0.6 is 0 Å². The van der Waals surface area contributed by atoms with Crippen molar-refractivity contribution >= 4 is 5.78 Å². The van der Waals surface area contributed by atoms with Crippen molar-refractivity contribution in [3.8, 4) is 0 Å². The second-order valence-electron chi connectivity index (χ2n) is 3.46. The van der Waals surface area contributed by atoms with Crippen LogP contribution in [0.5, 0.6) is 0 Å². The third-order valence-corrected chi connectivity index (χ3v) is 2.35. The minimum atomic E-state index is -0.178. The second-order valence-corrected chi connectivity index (χ2v) is 3.46. The van der Waals surface area contributed by atoms with Gasteiger partial charge in [0.25, 0.3) is 0 Å². The molecule has 0 saturated heterocycles. The lowest BCUT2D eigenvalue weighted by Gasteiger charge is -2.01. The van der Waals surface area contributed by atoms with Gasteiger partial charge in [-0.3, -0.25) is 9.78 Å². The third kappa shape index (κ3) is 1.81. The van der Waals surface area contributed by atoms with Gasteiger partial charge in [0.2, 0.25) is 5.78 Å². The van der Waals surface area contributed by atoms with Crippen LogP contribution in [0.25, 0.3) is 0 Å². The Hall–Kier alpha value is -1.90. The number of ketones is 1. The normalized spacial score (nSPS) is 10.3. The lowest BCUT2D eigenvalue weighted by molar-refractivity contribution is 0.100. The fraction of sp³-hybridized carbons (Fsp3) is 0.167. The highest BCUT2D eigenvalue weighted by Crippen LogP contribution is 2.11. The molecule has 2 heterocycles. The van der Waals surface area contributed by atoms with Gasteiger partial charge in [-0.15, -0.1) is 0 Å². The van der Waals surface area contributed by atoms with E-state index in [1.54, 1.807) is 24.4 Å². The molecule has 0 aliphatic rings. The van der Waals surface area contributed by atoms with Gasteiger partial charge >= 0.3 is 0 Å². The molecule has 0 aliphatic heterocycles. The van der Waals surface area contributed by atoms with E-state index < -0.39 is 0 Å². The van der Waals surface area contributed by atoms with Crippen molar-refractivity contribution in [3.63, 3.8) is 0 Å². The number of aromatic nitrogens is 1. The van der Waals surface area contributed by atoms with E-state index in [2.05, 4.69) is 4.98 Å². The van der Waals surface area contributed by atoms with E-state index >= 15 is 0 Å². The zero-order valence-corrected chi connectivity index (χ0v) is 8.65. The summed E-state index contributed by atoms with van der Waals surface area (Å²) in [5.41, 5.74) is 2.55. The molecule has 0 radical (unpaired) electrons. The van der Waals surface area contributed by atoms with E-state index in [1.165, 1.54) is 6.26 Å². The van der Waals surface area contributed by atoms with E-state index in [1.807, 2.05) is 13.8 Å². The van der Waals surface area contributed by atoms with Gasteiger partial charge in [-0.1, -0.05) is 0 Å². The fourth-order valence-corrected chi connectivity index (χ4v) is 1.28. The van der Waals surface area contributed by atoms with Gasteiger partial charge < -0.3 is 4.42 Å². The zero-order valence-electron chi connectivity index (χ0n) is 8.65. The maximum absolute atomic E-state index is 11.8. The van der Waals surface area contributed by atoms with E-state index in [-0.39, 0.29) is 5.78 Å². The number of hydrogen-bond donors (Lipinski definition) is 0. The number of hydrogen-bond acceptors (Lipinski definition) is 3. The van der Waals surface area contributed by atoms with Crippen LogP contribution < -0.4 is 0 Å². The minimum Gasteiger partial charge on any atom is -0.461 e. The number of nitrogens with zero attached hydrogens (tertiary/aromatic N) is 1. The van der Waals surface area contributed by atoms with Gasteiger partial charge in [0.1, 0.15) is 5.69 Å². The second kappa shape index (κ2) is 3.69. The Bertz CT molecular complexity index is 486. The van der Waals surface area contributed by atoms with Crippen molar-refractivity contribution in [2.24, 2.45) is 0 Å². The average Bonchev–Trinajstić information content (AvgIpc) is 2.74. The summed E-state index contributed by atoms with van der Waals surface area (Å²) in [6, 6.07) is 5.10. The molecule has 2 rings (SSSR count). The summed E-state index contributed by atoms with van der Waals surface area (Å²) in [4.78, 5) is 15.9. The Kier molecular flexibility index (Phi) is 2.37. The van der Waals surface area contributed by atoms with E-state index in [0.29, 0.717) is 11.5 Å². The molecule has 0 unspecified atom stereocenters. The van der Waals surface area contributed by atoms with Crippen molar-refractivity contribution in [2.45, 2.75) is 13.8 Å². The number of furan rings is 1. The number of pyridine rings is 1. The Morgan fingerprint density at radius 2 is 2.13 bits per heavy atom. The molecule has 3 nitrogen and oxygen atoms in total. The Balaban J connectivity index is 2.39. The van der Waals surface area contributed by atoms with Gasteiger partial charge in [0, 0.05) is 6.20 Å². The van der Waals surface area contributed by atoms with Gasteiger partial charge in [0.15, 0.2) is 5.76 Å². The molecular weight excluding hydrogens is 190 g/mol. The number of carbonyl (C=O) groups excluding carboxylic acids is 1. The molecule has 0 N–H and O–H groups in total. The summed E-state index contributed by atoms with van der Waals surface area (Å²) < 4.78 is 5.03. The standard InChI is InChI=1S/C12H11NO2/c1-8-6-10(13-7-9(8)2)12(14)11-4-3-5-15-11/h3-7H,1-2H3. The molecule has 76 valence electrons. The summed E-state index contributed by atoms with van der Waals surface area (Å²) in [6.45, 7) is 3.92. The van der Waals surface area contributed by atoms with Crippen LogP contribution in [-0.2, 0) is 0 Å². The van der Waals surface area contributed by atoms with Crippen molar-refractivity contribution in [2.75, 3.05) is 0 Å². The minimum absolute atomic E-state index is 0.178. The van der Waals surface area contributed by atoms with Crippen LogP contribution in [0, 0.1) is 13.8 Å². The Morgan fingerprint density at radius 1 is 1.33 bits per heavy atom. The molecule has 15 heavy (non-hydrogen) atoms. The molecule has 0 aliphatic carbocycles. The summed E-state index contributed by atoms with van der Waals surface area (Å²) in [5.74, 6) is 0.147. The van der Waals surface area contributed by atoms with Gasteiger partial charge in [-0.25, -0.2) is 0 Å². The molecule has 2 aromatic heterocycles. The van der Waals surface area contributed by atoms with Crippen LogP contribution in [0.1, 0.15) is 27.4 Å². The topological polar surface area (TPSA) is 43.1 Å². The number of rotatable bonds is 2. The lowest BCUT2D eigenvalue weighted by Crippen LogP contribution is -2.03. The largest absolute Gasteiger partial charge is 0.461 e. The third-order valence-electron chi connectivity index (χ3n) is 2.35. The fourth-order valence-electron chi connectivity index (χ4n) is 1.28. The smallest absolute Gasteiger partial charge is 0.246 e. The van der Waals surface area contributed by atoms with Crippen LogP contribution in [-0.4, -0.2) is 10.8 Å². The molecule has 3 heteroatoms. The van der Waals surface area contributed by atoms with Crippen LogP contribution in [0.2, 0.25) is 0 Å². The summed E-state index contributed by atoms with van der Waals surface area (Å²) >= 11 is 0. The SMILES string of the molecule is Cc1cnc(C(=O)c2ccco2)cc1C. The first-order valence-corrected chi connectivity index (χ1v) is 4.70. The molecule has 0 amide bonds. The van der Waals surface area contributed by atoms with Gasteiger partial charge in [-0.2, -0.15) is 0 Å². The quantitative estimate of drug-likeness (QED) is 0.701. The summed E-state index contributed by atoms with van der Waals surface area (Å²) in [5, 5.41) is 0. The molecule has 0 bridgehead atoms. The first kappa shape index (κ1) is 9.65. The van der Waals surface area contributed by atoms with Gasteiger partial charge in [0.05, 0.1) is 6.26 Å². The molecule has 0 saturated carbocycles. The first-order valence-electron chi connectivity index (χ1n) is 4.70. The highest BCUT2D eigenvalue weighted by molar-refractivity contribution is 6.05. The van der Waals surface area contributed by atoms with Crippen molar-refractivity contribution < 1.29 is 9.21 Å². The van der Waals surface area contributed by atoms with Gasteiger partial charge in [-0.05, 0) is 43.2 Å². The molecular formula is C12H11NO2. The Labute approximate surface area is 87.8 Å². The Morgan fingerprint density at radius 3 is 2.73 bits per heavy atom. The molecule has 0 aromatic carbocycles. The average molecular weight is 201 g/mol. The van der Waals surface area contributed by atoms with Crippen LogP contribution in [0.3, 0.4) is 0 Å². The first-order chi connectivity index (χ1) is 7.18. The van der Waals surface area contributed by atoms with E-state index in [4.69, 9.17) is 4.42 Å². The highest BCUT2D eigenvalue weighted by atomic mass is 16.3. The summed E-state index contributed by atoms with van der Waals surface area (Å²) in [7, 11) is 0. The lowest BCUT2D eigenvalue weighted by atomic mass is 10.1. The predicted molar refractivity (Wildman–Crippen MR) is 55.9 cm³/mol. The monoisotopic (exact) mass is 201 g/mol. The van der Waals surface area contributed by atoms with Crippen molar-refractivity contribution in [1.82, 2.24) is 4.98 Å². The van der Waals surface area contributed by atoms with Crippen LogP contribution in [0.15, 0.2) is 35.1 Å². The highest BCUT2D eigenvalue weighted by Gasteiger charge is 2.13.